The maximum Gasteiger partial charge on any atom is 0.223 e. The molecule has 0 unspecified atom stereocenters. The van der Waals surface area contributed by atoms with Gasteiger partial charge in [-0.15, -0.1) is 0 Å². The minimum absolute atomic E-state index is 0.0500. The smallest absolute Gasteiger partial charge is 0.223 e. The number of likely N-dealkylation sites (tertiary alicyclic amines) is 1. The van der Waals surface area contributed by atoms with Gasteiger partial charge < -0.3 is 10.2 Å². The molecule has 1 aliphatic heterocycles. The van der Waals surface area contributed by atoms with Crippen LogP contribution in [0, 0.1) is 5.92 Å². The van der Waals surface area contributed by atoms with E-state index in [0.717, 1.165) is 32.5 Å². The van der Waals surface area contributed by atoms with Gasteiger partial charge in [-0.3, -0.25) is 9.59 Å². The van der Waals surface area contributed by atoms with Gasteiger partial charge in [0.2, 0.25) is 5.91 Å². The molecule has 0 aromatic heterocycles. The second-order valence-electron chi connectivity index (χ2n) is 5.67. The standard InChI is InChI=1S/C17H24N2O2/c1-18-13-14-9-11-19(12-10-14)17(21)8-7-16(20)15-5-3-2-4-6-15/h2-6,14,18H,7-13H2,1H3. The number of rotatable bonds is 6. The fourth-order valence-electron chi connectivity index (χ4n) is 2.82. The highest BCUT2D eigenvalue weighted by molar-refractivity contribution is 5.97. The van der Waals surface area contributed by atoms with Crippen molar-refractivity contribution in [3.8, 4) is 0 Å². The molecule has 1 amide bonds. The number of ketones is 1. The summed E-state index contributed by atoms with van der Waals surface area (Å²) in [6, 6.07) is 9.19. The fraction of sp³-hybridized carbons (Fsp3) is 0.529. The summed E-state index contributed by atoms with van der Waals surface area (Å²) < 4.78 is 0. The Morgan fingerprint density at radius 2 is 1.81 bits per heavy atom. The first-order valence-electron chi connectivity index (χ1n) is 7.71. The zero-order chi connectivity index (χ0) is 15.1. The number of benzene rings is 1. The quantitative estimate of drug-likeness (QED) is 0.816. The van der Waals surface area contributed by atoms with Crippen LogP contribution in [-0.2, 0) is 4.79 Å². The van der Waals surface area contributed by atoms with E-state index in [1.807, 2.05) is 30.1 Å². The second-order valence-corrected chi connectivity index (χ2v) is 5.67. The Hall–Kier alpha value is -1.68. The summed E-state index contributed by atoms with van der Waals surface area (Å²) in [6.45, 7) is 2.67. The number of carbonyl (C=O) groups excluding carboxylic acids is 2. The van der Waals surface area contributed by atoms with Crippen LogP contribution >= 0.6 is 0 Å². The van der Waals surface area contributed by atoms with Crippen molar-refractivity contribution in [3.05, 3.63) is 35.9 Å². The molecule has 4 heteroatoms. The predicted octanol–water partition coefficient (Wildman–Crippen LogP) is 2.11. The van der Waals surface area contributed by atoms with Gasteiger partial charge in [-0.25, -0.2) is 0 Å². The van der Waals surface area contributed by atoms with Crippen molar-refractivity contribution in [1.82, 2.24) is 10.2 Å². The molecule has 1 fully saturated rings. The fourth-order valence-corrected chi connectivity index (χ4v) is 2.82. The van der Waals surface area contributed by atoms with Crippen molar-refractivity contribution >= 4 is 11.7 Å². The molecule has 1 saturated heterocycles. The predicted molar refractivity (Wildman–Crippen MR) is 83.2 cm³/mol. The van der Waals surface area contributed by atoms with Crippen LogP contribution in [-0.4, -0.2) is 43.3 Å². The minimum atomic E-state index is 0.0500. The van der Waals surface area contributed by atoms with Gasteiger partial charge in [0.1, 0.15) is 0 Å². The summed E-state index contributed by atoms with van der Waals surface area (Å²) >= 11 is 0. The van der Waals surface area contributed by atoms with E-state index in [1.165, 1.54) is 0 Å². The van der Waals surface area contributed by atoms with Gasteiger partial charge in [-0.2, -0.15) is 0 Å². The van der Waals surface area contributed by atoms with E-state index in [1.54, 1.807) is 12.1 Å². The average molecular weight is 288 g/mol. The number of Topliss-reactive ketones (excluding diaryl/α,β-unsaturated/α-hetero) is 1. The van der Waals surface area contributed by atoms with E-state index in [9.17, 15) is 9.59 Å². The van der Waals surface area contributed by atoms with Crippen LogP contribution < -0.4 is 5.32 Å². The minimum Gasteiger partial charge on any atom is -0.343 e. The molecule has 1 N–H and O–H groups in total. The zero-order valence-corrected chi connectivity index (χ0v) is 12.7. The molecule has 1 aromatic carbocycles. The summed E-state index contributed by atoms with van der Waals surface area (Å²) in [5, 5.41) is 3.19. The molecule has 0 aliphatic carbocycles. The average Bonchev–Trinajstić information content (AvgIpc) is 2.54. The first-order valence-corrected chi connectivity index (χ1v) is 7.71. The van der Waals surface area contributed by atoms with Gasteiger partial charge in [-0.1, -0.05) is 30.3 Å². The van der Waals surface area contributed by atoms with Gasteiger partial charge in [-0.05, 0) is 32.4 Å². The Bertz CT molecular complexity index is 465. The lowest BCUT2D eigenvalue weighted by Crippen LogP contribution is -2.40. The van der Waals surface area contributed by atoms with Crippen LogP contribution in [0.15, 0.2) is 30.3 Å². The van der Waals surface area contributed by atoms with E-state index < -0.39 is 0 Å². The van der Waals surface area contributed by atoms with Gasteiger partial charge in [0.25, 0.3) is 0 Å². The maximum absolute atomic E-state index is 12.2. The third kappa shape index (κ3) is 4.67. The highest BCUT2D eigenvalue weighted by Crippen LogP contribution is 2.17. The number of carbonyl (C=O) groups is 2. The Morgan fingerprint density at radius 3 is 2.43 bits per heavy atom. The number of nitrogens with one attached hydrogen (secondary N) is 1. The zero-order valence-electron chi connectivity index (χ0n) is 12.7. The molecule has 0 atom stereocenters. The number of hydrogen-bond donors (Lipinski definition) is 1. The lowest BCUT2D eigenvalue weighted by Gasteiger charge is -2.32. The summed E-state index contributed by atoms with van der Waals surface area (Å²) in [4.78, 5) is 26.1. The molecule has 114 valence electrons. The highest BCUT2D eigenvalue weighted by Gasteiger charge is 2.22. The molecule has 0 radical (unpaired) electrons. The first-order chi connectivity index (χ1) is 10.2. The Kier molecular flexibility index (Phi) is 5.93. The monoisotopic (exact) mass is 288 g/mol. The van der Waals surface area contributed by atoms with Crippen LogP contribution in [0.5, 0.6) is 0 Å². The molecule has 0 bridgehead atoms. The number of hydrogen-bond acceptors (Lipinski definition) is 3. The van der Waals surface area contributed by atoms with E-state index in [2.05, 4.69) is 5.32 Å². The molecule has 21 heavy (non-hydrogen) atoms. The molecule has 1 heterocycles. The van der Waals surface area contributed by atoms with E-state index in [-0.39, 0.29) is 11.7 Å². The summed E-state index contributed by atoms with van der Waals surface area (Å²) in [5.74, 6) is 0.834. The van der Waals surface area contributed by atoms with Crippen molar-refractivity contribution in [3.63, 3.8) is 0 Å². The lowest BCUT2D eigenvalue weighted by molar-refractivity contribution is -0.132. The Labute approximate surface area is 126 Å². The molecule has 0 spiro atoms. The van der Waals surface area contributed by atoms with Gasteiger partial charge >= 0.3 is 0 Å². The summed E-state index contributed by atoms with van der Waals surface area (Å²) in [7, 11) is 1.97. The van der Waals surface area contributed by atoms with Crippen LogP contribution in [0.25, 0.3) is 0 Å². The third-order valence-electron chi connectivity index (χ3n) is 4.12. The number of amides is 1. The van der Waals surface area contributed by atoms with Crippen LogP contribution in [0.2, 0.25) is 0 Å². The number of piperidine rings is 1. The maximum atomic E-state index is 12.2. The highest BCUT2D eigenvalue weighted by atomic mass is 16.2. The van der Waals surface area contributed by atoms with Gasteiger partial charge in [0, 0.05) is 31.5 Å². The Balaban J connectivity index is 1.74. The van der Waals surface area contributed by atoms with Crippen molar-refractivity contribution in [2.75, 3.05) is 26.7 Å². The van der Waals surface area contributed by atoms with E-state index >= 15 is 0 Å². The summed E-state index contributed by atoms with van der Waals surface area (Å²) in [6.07, 6.45) is 2.74. The van der Waals surface area contributed by atoms with E-state index in [4.69, 9.17) is 0 Å². The largest absolute Gasteiger partial charge is 0.343 e. The van der Waals surface area contributed by atoms with Crippen LogP contribution in [0.3, 0.4) is 0 Å². The summed E-state index contributed by atoms with van der Waals surface area (Å²) in [5.41, 5.74) is 0.693. The molecule has 4 nitrogen and oxygen atoms in total. The van der Waals surface area contributed by atoms with Crippen molar-refractivity contribution in [1.29, 1.82) is 0 Å². The molecule has 1 aromatic rings. The van der Waals surface area contributed by atoms with Gasteiger partial charge in [0.05, 0.1) is 0 Å². The van der Waals surface area contributed by atoms with E-state index in [0.29, 0.717) is 24.3 Å². The first kappa shape index (κ1) is 15.7. The van der Waals surface area contributed by atoms with Crippen LogP contribution in [0.4, 0.5) is 0 Å². The molecule has 1 aliphatic rings. The van der Waals surface area contributed by atoms with Crippen molar-refractivity contribution in [2.45, 2.75) is 25.7 Å². The third-order valence-corrected chi connectivity index (χ3v) is 4.12. The van der Waals surface area contributed by atoms with Gasteiger partial charge in [0.15, 0.2) is 5.78 Å². The SMILES string of the molecule is CNCC1CCN(C(=O)CCC(=O)c2ccccc2)CC1. The molecule has 2 rings (SSSR count). The topological polar surface area (TPSA) is 49.4 Å². The molecular formula is C17H24N2O2. The lowest BCUT2D eigenvalue weighted by atomic mass is 9.96. The molecule has 0 saturated carbocycles. The Morgan fingerprint density at radius 1 is 1.14 bits per heavy atom. The second kappa shape index (κ2) is 7.93. The van der Waals surface area contributed by atoms with Crippen molar-refractivity contribution < 1.29 is 9.59 Å². The molecular weight excluding hydrogens is 264 g/mol. The normalized spacial score (nSPS) is 16.0. The number of nitrogens with zero attached hydrogens (tertiary/aromatic N) is 1. The van der Waals surface area contributed by atoms with Crippen LogP contribution in [0.1, 0.15) is 36.0 Å². The van der Waals surface area contributed by atoms with Crippen molar-refractivity contribution in [2.24, 2.45) is 5.92 Å².